The van der Waals surface area contributed by atoms with Crippen LogP contribution >= 0.6 is 0 Å². The van der Waals surface area contributed by atoms with E-state index in [4.69, 9.17) is 0 Å². The first kappa shape index (κ1) is 15.3. The Morgan fingerprint density at radius 1 is 1.12 bits per heavy atom. The van der Waals surface area contributed by atoms with Gasteiger partial charge in [-0.2, -0.15) is 5.10 Å². The van der Waals surface area contributed by atoms with Gasteiger partial charge in [-0.15, -0.1) is 0 Å². The minimum atomic E-state index is -0.286. The number of hydrogen-bond acceptors (Lipinski definition) is 4. The van der Waals surface area contributed by atoms with Crippen LogP contribution in [0.2, 0.25) is 0 Å². The van der Waals surface area contributed by atoms with Gasteiger partial charge in [-0.05, 0) is 68.4 Å². The monoisotopic (exact) mass is 329 g/mol. The summed E-state index contributed by atoms with van der Waals surface area (Å²) in [6.07, 6.45) is 8.65. The molecule has 4 fully saturated rings. The lowest BCUT2D eigenvalue weighted by atomic mass is 9.53. The first-order valence-corrected chi connectivity index (χ1v) is 8.64. The van der Waals surface area contributed by atoms with Crippen LogP contribution in [0, 0.1) is 17.8 Å². The number of phenolic OH excluding ortho intramolecular Hbond substituents is 2. The van der Waals surface area contributed by atoms with Crippen LogP contribution in [-0.2, 0) is 0 Å². The third kappa shape index (κ3) is 2.92. The van der Waals surface area contributed by atoms with Crippen LogP contribution in [0.1, 0.15) is 44.1 Å². The van der Waals surface area contributed by atoms with Crippen molar-refractivity contribution in [2.45, 2.75) is 44.1 Å². The van der Waals surface area contributed by atoms with Crippen molar-refractivity contribution in [2.75, 3.05) is 0 Å². The molecule has 0 atom stereocenters. The Balaban J connectivity index is 1.36. The SMILES string of the molecule is O=C(N/N=C\c1ccc(O)cc1O)NC12CC3CC(CC(C3)C1)C2. The number of carbonyl (C=O) groups excluding carboxylic acids is 1. The molecule has 24 heavy (non-hydrogen) atoms. The highest BCUT2D eigenvalue weighted by Crippen LogP contribution is 2.55. The third-order valence-electron chi connectivity index (χ3n) is 5.80. The Hall–Kier alpha value is -2.24. The van der Waals surface area contributed by atoms with Crippen molar-refractivity contribution < 1.29 is 15.0 Å². The Kier molecular flexibility index (Phi) is 3.62. The lowest BCUT2D eigenvalue weighted by Gasteiger charge is -2.56. The van der Waals surface area contributed by atoms with Crippen molar-refractivity contribution in [1.29, 1.82) is 0 Å². The molecule has 0 radical (unpaired) electrons. The van der Waals surface area contributed by atoms with Gasteiger partial charge in [0.1, 0.15) is 11.5 Å². The van der Waals surface area contributed by atoms with Gasteiger partial charge >= 0.3 is 6.03 Å². The number of hydrazone groups is 1. The molecule has 0 unspecified atom stereocenters. The fourth-order valence-electron chi connectivity index (χ4n) is 5.33. The molecule has 1 aromatic rings. The topological polar surface area (TPSA) is 94.0 Å². The number of phenols is 2. The van der Waals surface area contributed by atoms with Crippen molar-refractivity contribution in [1.82, 2.24) is 10.7 Å². The molecule has 128 valence electrons. The number of carbonyl (C=O) groups is 1. The molecule has 0 heterocycles. The van der Waals surface area contributed by atoms with Crippen molar-refractivity contribution in [3.8, 4) is 11.5 Å². The van der Waals surface area contributed by atoms with Crippen LogP contribution in [-0.4, -0.2) is 28.0 Å². The fraction of sp³-hybridized carbons (Fsp3) is 0.556. The number of aromatic hydroxyl groups is 2. The molecule has 4 bridgehead atoms. The summed E-state index contributed by atoms with van der Waals surface area (Å²) in [7, 11) is 0. The second-order valence-corrected chi connectivity index (χ2v) is 7.77. The number of nitrogens with one attached hydrogen (secondary N) is 2. The van der Waals surface area contributed by atoms with Crippen LogP contribution in [0.3, 0.4) is 0 Å². The molecule has 2 amide bonds. The predicted octanol–water partition coefficient (Wildman–Crippen LogP) is 2.70. The van der Waals surface area contributed by atoms with E-state index in [2.05, 4.69) is 15.8 Å². The smallest absolute Gasteiger partial charge is 0.335 e. The van der Waals surface area contributed by atoms with Gasteiger partial charge in [-0.1, -0.05) is 0 Å². The van der Waals surface area contributed by atoms with Gasteiger partial charge in [0.05, 0.1) is 6.21 Å². The van der Waals surface area contributed by atoms with Crippen molar-refractivity contribution in [2.24, 2.45) is 22.9 Å². The summed E-state index contributed by atoms with van der Waals surface area (Å²) in [5, 5.41) is 26.0. The summed E-state index contributed by atoms with van der Waals surface area (Å²) < 4.78 is 0. The highest BCUT2D eigenvalue weighted by atomic mass is 16.3. The summed E-state index contributed by atoms with van der Waals surface area (Å²) in [6, 6.07) is 3.94. The first-order chi connectivity index (χ1) is 11.5. The minimum Gasteiger partial charge on any atom is -0.508 e. The molecule has 6 heteroatoms. The number of nitrogens with zero attached hydrogens (tertiary/aromatic N) is 1. The quantitative estimate of drug-likeness (QED) is 0.507. The van der Waals surface area contributed by atoms with Gasteiger partial charge in [0.2, 0.25) is 0 Å². The summed E-state index contributed by atoms with van der Waals surface area (Å²) in [5.41, 5.74) is 2.88. The zero-order chi connectivity index (χ0) is 16.7. The van der Waals surface area contributed by atoms with E-state index in [1.165, 1.54) is 43.7 Å². The first-order valence-electron chi connectivity index (χ1n) is 8.64. The maximum Gasteiger partial charge on any atom is 0.335 e. The average Bonchev–Trinajstić information content (AvgIpc) is 2.47. The summed E-state index contributed by atoms with van der Waals surface area (Å²) in [4.78, 5) is 12.2. The van der Waals surface area contributed by atoms with E-state index >= 15 is 0 Å². The molecule has 0 spiro atoms. The molecule has 4 aliphatic rings. The lowest BCUT2D eigenvalue weighted by Crippen LogP contribution is -2.61. The lowest BCUT2D eigenvalue weighted by molar-refractivity contribution is -0.0135. The number of hydrogen-bond donors (Lipinski definition) is 4. The molecule has 4 N–H and O–H groups in total. The molecule has 0 aliphatic heterocycles. The van der Waals surface area contributed by atoms with E-state index in [9.17, 15) is 15.0 Å². The molecular weight excluding hydrogens is 306 g/mol. The number of amides is 2. The van der Waals surface area contributed by atoms with E-state index in [0.29, 0.717) is 5.56 Å². The zero-order valence-corrected chi connectivity index (χ0v) is 13.5. The second-order valence-electron chi connectivity index (χ2n) is 7.77. The molecule has 4 saturated carbocycles. The molecule has 6 nitrogen and oxygen atoms in total. The summed E-state index contributed by atoms with van der Waals surface area (Å²) >= 11 is 0. The second kappa shape index (κ2) is 5.69. The molecule has 1 aromatic carbocycles. The van der Waals surface area contributed by atoms with Gasteiger partial charge in [0.25, 0.3) is 0 Å². The Labute approximate surface area is 141 Å². The number of urea groups is 1. The predicted molar refractivity (Wildman–Crippen MR) is 89.9 cm³/mol. The number of rotatable bonds is 3. The molecule has 0 aromatic heterocycles. The van der Waals surface area contributed by atoms with E-state index in [1.54, 1.807) is 0 Å². The van der Waals surface area contributed by atoms with Gasteiger partial charge in [0.15, 0.2) is 0 Å². The molecular formula is C18H23N3O3. The normalized spacial score (nSPS) is 33.8. The molecule has 0 saturated heterocycles. The average molecular weight is 329 g/mol. The van der Waals surface area contributed by atoms with E-state index < -0.39 is 0 Å². The Bertz CT molecular complexity index is 651. The Morgan fingerprint density at radius 2 is 1.75 bits per heavy atom. The Morgan fingerprint density at radius 3 is 2.33 bits per heavy atom. The van der Waals surface area contributed by atoms with Gasteiger partial charge < -0.3 is 15.5 Å². The van der Waals surface area contributed by atoms with Crippen LogP contribution in [0.5, 0.6) is 11.5 Å². The zero-order valence-electron chi connectivity index (χ0n) is 13.5. The van der Waals surface area contributed by atoms with E-state index in [1.807, 2.05) is 0 Å². The number of benzene rings is 1. The van der Waals surface area contributed by atoms with Crippen LogP contribution < -0.4 is 10.7 Å². The van der Waals surface area contributed by atoms with Crippen LogP contribution in [0.15, 0.2) is 23.3 Å². The van der Waals surface area contributed by atoms with Crippen molar-refractivity contribution >= 4 is 12.2 Å². The summed E-state index contributed by atoms with van der Waals surface area (Å²) in [5.74, 6) is 2.22. The van der Waals surface area contributed by atoms with Crippen LogP contribution in [0.25, 0.3) is 0 Å². The van der Waals surface area contributed by atoms with Gasteiger partial charge in [-0.3, -0.25) is 0 Å². The van der Waals surface area contributed by atoms with Crippen molar-refractivity contribution in [3.63, 3.8) is 0 Å². The summed E-state index contributed by atoms with van der Waals surface area (Å²) in [6.45, 7) is 0. The van der Waals surface area contributed by atoms with E-state index in [0.717, 1.165) is 37.0 Å². The third-order valence-corrected chi connectivity index (χ3v) is 5.80. The standard InChI is InChI=1S/C18H23N3O3/c22-15-2-1-14(16(23)6-15)10-19-21-17(24)20-18-7-11-3-12(8-18)5-13(4-11)9-18/h1-2,6,10-13,22-23H,3-5,7-9H2,(H2,20,21,24)/b19-10-. The highest BCUT2D eigenvalue weighted by molar-refractivity contribution is 5.85. The highest BCUT2D eigenvalue weighted by Gasteiger charge is 2.51. The van der Waals surface area contributed by atoms with Crippen molar-refractivity contribution in [3.05, 3.63) is 23.8 Å². The van der Waals surface area contributed by atoms with Crippen LogP contribution in [0.4, 0.5) is 4.79 Å². The maximum absolute atomic E-state index is 12.2. The minimum absolute atomic E-state index is 0.0165. The molecule has 4 aliphatic carbocycles. The largest absolute Gasteiger partial charge is 0.508 e. The maximum atomic E-state index is 12.2. The molecule has 5 rings (SSSR count). The fourth-order valence-corrected chi connectivity index (χ4v) is 5.33. The van der Waals surface area contributed by atoms with E-state index in [-0.39, 0.29) is 23.1 Å². The van der Waals surface area contributed by atoms with Gasteiger partial charge in [-0.25, -0.2) is 10.2 Å². The van der Waals surface area contributed by atoms with Gasteiger partial charge in [0, 0.05) is 17.2 Å².